The van der Waals surface area contributed by atoms with Crippen LogP contribution in [-0.4, -0.2) is 24.7 Å². The number of nitrogens with zero attached hydrogens (tertiary/aromatic N) is 2. The molecule has 15 heavy (non-hydrogen) atoms. The molecule has 1 aromatic heterocycles. The van der Waals surface area contributed by atoms with Crippen LogP contribution >= 0.6 is 0 Å². The molecule has 0 aromatic carbocycles. The van der Waals surface area contributed by atoms with E-state index in [1.54, 1.807) is 25.4 Å². The van der Waals surface area contributed by atoms with E-state index in [0.717, 1.165) is 12.2 Å². The quantitative estimate of drug-likeness (QED) is 0.796. The van der Waals surface area contributed by atoms with Crippen LogP contribution in [0.2, 0.25) is 0 Å². The minimum absolute atomic E-state index is 0.284. The number of anilines is 1. The molecular weight excluding hydrogens is 190 g/mol. The topological polar surface area (TPSA) is 57.9 Å². The molecule has 4 nitrogen and oxygen atoms in total. The van der Waals surface area contributed by atoms with Gasteiger partial charge in [-0.2, -0.15) is 5.26 Å². The summed E-state index contributed by atoms with van der Waals surface area (Å²) in [4.78, 5) is 4.13. The monoisotopic (exact) mass is 205 g/mol. The fraction of sp³-hybridized carbons (Fsp3) is 0.455. The molecule has 0 aliphatic rings. The van der Waals surface area contributed by atoms with Gasteiger partial charge in [0, 0.05) is 26.0 Å². The van der Waals surface area contributed by atoms with Gasteiger partial charge in [0.2, 0.25) is 0 Å². The van der Waals surface area contributed by atoms with Crippen LogP contribution in [0.25, 0.3) is 0 Å². The van der Waals surface area contributed by atoms with Crippen LogP contribution in [0.15, 0.2) is 18.3 Å². The van der Waals surface area contributed by atoms with Crippen LogP contribution in [-0.2, 0) is 4.74 Å². The van der Waals surface area contributed by atoms with Crippen molar-refractivity contribution in [1.82, 2.24) is 4.98 Å². The molecule has 0 radical (unpaired) electrons. The molecule has 0 saturated heterocycles. The molecular formula is C11H15N3O. The number of rotatable bonds is 5. The van der Waals surface area contributed by atoms with E-state index in [0.29, 0.717) is 12.2 Å². The molecule has 0 amide bonds. The summed E-state index contributed by atoms with van der Waals surface area (Å²) in [5, 5.41) is 11.9. The van der Waals surface area contributed by atoms with Gasteiger partial charge in [0.1, 0.15) is 5.82 Å². The predicted molar refractivity (Wildman–Crippen MR) is 58.5 cm³/mol. The number of pyridine rings is 1. The van der Waals surface area contributed by atoms with Crippen LogP contribution in [0.4, 0.5) is 5.82 Å². The minimum atomic E-state index is 0.284. The number of hydrogen-bond acceptors (Lipinski definition) is 4. The lowest BCUT2D eigenvalue weighted by Gasteiger charge is -2.13. The fourth-order valence-electron chi connectivity index (χ4n) is 1.20. The van der Waals surface area contributed by atoms with E-state index in [1.165, 1.54) is 0 Å². The summed E-state index contributed by atoms with van der Waals surface area (Å²) in [5.74, 6) is 0.734. The van der Waals surface area contributed by atoms with Crippen molar-refractivity contribution in [1.29, 1.82) is 5.26 Å². The highest BCUT2D eigenvalue weighted by Crippen LogP contribution is 2.08. The minimum Gasteiger partial charge on any atom is -0.385 e. The van der Waals surface area contributed by atoms with Gasteiger partial charge in [-0.15, -0.1) is 0 Å². The molecule has 1 heterocycles. The molecule has 1 unspecified atom stereocenters. The van der Waals surface area contributed by atoms with E-state index in [2.05, 4.69) is 23.3 Å². The van der Waals surface area contributed by atoms with E-state index in [-0.39, 0.29) is 6.04 Å². The van der Waals surface area contributed by atoms with Gasteiger partial charge in [0.05, 0.1) is 11.6 Å². The number of ether oxygens (including phenoxy) is 1. The Morgan fingerprint density at radius 3 is 3.13 bits per heavy atom. The molecule has 0 fully saturated rings. The third kappa shape index (κ3) is 3.96. The molecule has 0 aliphatic heterocycles. The van der Waals surface area contributed by atoms with Crippen LogP contribution in [0.1, 0.15) is 18.9 Å². The Kier molecular flexibility index (Phi) is 4.58. The van der Waals surface area contributed by atoms with Crippen LogP contribution in [0, 0.1) is 11.3 Å². The van der Waals surface area contributed by atoms with E-state index < -0.39 is 0 Å². The Morgan fingerprint density at radius 1 is 1.67 bits per heavy atom. The zero-order valence-corrected chi connectivity index (χ0v) is 9.03. The predicted octanol–water partition coefficient (Wildman–Crippen LogP) is 1.79. The Labute approximate surface area is 89.9 Å². The molecule has 4 heteroatoms. The first-order valence-corrected chi connectivity index (χ1v) is 4.88. The van der Waals surface area contributed by atoms with Crippen molar-refractivity contribution in [2.24, 2.45) is 0 Å². The smallest absolute Gasteiger partial charge is 0.127 e. The number of hydrogen-bond donors (Lipinski definition) is 1. The SMILES string of the molecule is COCCC(C)Nc1cc(C#N)ccn1. The highest BCUT2D eigenvalue weighted by atomic mass is 16.5. The highest BCUT2D eigenvalue weighted by molar-refractivity contribution is 5.42. The van der Waals surface area contributed by atoms with Crippen LogP contribution in [0.5, 0.6) is 0 Å². The maximum Gasteiger partial charge on any atom is 0.127 e. The van der Waals surface area contributed by atoms with Crippen molar-refractivity contribution in [2.45, 2.75) is 19.4 Å². The summed E-state index contributed by atoms with van der Waals surface area (Å²) in [6, 6.07) is 5.79. The third-order valence-corrected chi connectivity index (χ3v) is 2.04. The summed E-state index contributed by atoms with van der Waals surface area (Å²) < 4.78 is 4.98. The molecule has 1 atom stereocenters. The zero-order chi connectivity index (χ0) is 11.1. The first-order valence-electron chi connectivity index (χ1n) is 4.88. The summed E-state index contributed by atoms with van der Waals surface area (Å²) in [5.41, 5.74) is 0.617. The average Bonchev–Trinajstić information content (AvgIpc) is 2.26. The Bertz CT molecular complexity index is 346. The second-order valence-corrected chi connectivity index (χ2v) is 3.37. The van der Waals surface area contributed by atoms with Gasteiger partial charge in [-0.3, -0.25) is 0 Å². The Balaban J connectivity index is 2.53. The maximum absolute atomic E-state index is 8.71. The highest BCUT2D eigenvalue weighted by Gasteiger charge is 2.02. The Hall–Kier alpha value is -1.60. The van der Waals surface area contributed by atoms with Gasteiger partial charge >= 0.3 is 0 Å². The van der Waals surface area contributed by atoms with Crippen molar-refractivity contribution in [3.8, 4) is 6.07 Å². The lowest BCUT2D eigenvalue weighted by molar-refractivity contribution is 0.191. The lowest BCUT2D eigenvalue weighted by Crippen LogP contribution is -2.17. The normalized spacial score (nSPS) is 11.8. The molecule has 0 bridgehead atoms. The molecule has 1 N–H and O–H groups in total. The summed E-state index contributed by atoms with van der Waals surface area (Å²) >= 11 is 0. The van der Waals surface area contributed by atoms with E-state index in [9.17, 15) is 0 Å². The van der Waals surface area contributed by atoms with Gasteiger partial charge in [-0.1, -0.05) is 0 Å². The van der Waals surface area contributed by atoms with Crippen molar-refractivity contribution in [2.75, 3.05) is 19.0 Å². The lowest BCUT2D eigenvalue weighted by atomic mass is 10.2. The van der Waals surface area contributed by atoms with Crippen LogP contribution in [0.3, 0.4) is 0 Å². The number of nitrogens with one attached hydrogen (secondary N) is 1. The molecule has 80 valence electrons. The van der Waals surface area contributed by atoms with Gasteiger partial charge in [0.25, 0.3) is 0 Å². The largest absolute Gasteiger partial charge is 0.385 e. The second-order valence-electron chi connectivity index (χ2n) is 3.37. The third-order valence-electron chi connectivity index (χ3n) is 2.04. The summed E-state index contributed by atoms with van der Waals surface area (Å²) in [6.07, 6.45) is 2.54. The van der Waals surface area contributed by atoms with Gasteiger partial charge in [-0.05, 0) is 25.5 Å². The number of aromatic nitrogens is 1. The first-order chi connectivity index (χ1) is 7.26. The summed E-state index contributed by atoms with van der Waals surface area (Å²) in [6.45, 7) is 2.77. The number of nitriles is 1. The number of methoxy groups -OCH3 is 1. The van der Waals surface area contributed by atoms with Gasteiger partial charge in [0.15, 0.2) is 0 Å². The second kappa shape index (κ2) is 5.99. The first kappa shape index (κ1) is 11.5. The van der Waals surface area contributed by atoms with Crippen molar-refractivity contribution < 1.29 is 4.74 Å². The fourth-order valence-corrected chi connectivity index (χ4v) is 1.20. The van der Waals surface area contributed by atoms with Crippen LogP contribution < -0.4 is 5.32 Å². The van der Waals surface area contributed by atoms with Crippen molar-refractivity contribution >= 4 is 5.82 Å². The molecule has 1 rings (SSSR count). The average molecular weight is 205 g/mol. The van der Waals surface area contributed by atoms with Crippen molar-refractivity contribution in [3.05, 3.63) is 23.9 Å². The zero-order valence-electron chi connectivity index (χ0n) is 9.03. The van der Waals surface area contributed by atoms with Gasteiger partial charge < -0.3 is 10.1 Å². The molecule has 0 aliphatic carbocycles. The standard InChI is InChI=1S/C11H15N3O/c1-9(4-6-15-2)14-11-7-10(8-12)3-5-13-11/h3,5,7,9H,4,6H2,1-2H3,(H,13,14). The van der Waals surface area contributed by atoms with E-state index >= 15 is 0 Å². The van der Waals surface area contributed by atoms with E-state index in [4.69, 9.17) is 10.00 Å². The summed E-state index contributed by atoms with van der Waals surface area (Å²) in [7, 11) is 1.68. The Morgan fingerprint density at radius 2 is 2.47 bits per heavy atom. The van der Waals surface area contributed by atoms with E-state index in [1.807, 2.05) is 0 Å². The maximum atomic E-state index is 8.71. The molecule has 1 aromatic rings. The molecule has 0 spiro atoms. The molecule has 0 saturated carbocycles. The van der Waals surface area contributed by atoms with Crippen molar-refractivity contribution in [3.63, 3.8) is 0 Å². The van der Waals surface area contributed by atoms with Gasteiger partial charge in [-0.25, -0.2) is 4.98 Å².